The fourth-order valence-corrected chi connectivity index (χ4v) is 1.16. The van der Waals surface area contributed by atoms with Crippen molar-refractivity contribution in [3.63, 3.8) is 0 Å². The Balaban J connectivity index is 2.26. The van der Waals surface area contributed by atoms with Crippen LogP contribution in [0.3, 0.4) is 0 Å². The third-order valence-electron chi connectivity index (χ3n) is 1.78. The molecule has 1 aliphatic heterocycles. The molecule has 1 amide bonds. The van der Waals surface area contributed by atoms with Gasteiger partial charge in [-0.25, -0.2) is 9.79 Å². The van der Waals surface area contributed by atoms with Crippen LogP contribution in [-0.2, 0) is 4.84 Å². The maximum absolute atomic E-state index is 10.7. The molecule has 1 N–H and O–H groups in total. The zero-order valence-electron chi connectivity index (χ0n) is 7.07. The van der Waals surface area contributed by atoms with Crippen molar-refractivity contribution in [1.29, 1.82) is 0 Å². The van der Waals surface area contributed by atoms with Gasteiger partial charge >= 0.3 is 6.09 Å². The molecule has 1 atom stereocenters. The van der Waals surface area contributed by atoms with Gasteiger partial charge in [0.2, 0.25) is 6.40 Å². The Kier molecular flexibility index (Phi) is 2.02. The lowest BCUT2D eigenvalue weighted by Gasteiger charge is -2.16. The highest BCUT2D eigenvalue weighted by molar-refractivity contribution is 5.67. The smallest absolute Gasteiger partial charge is 0.443 e. The first-order chi connectivity index (χ1) is 6.79. The summed E-state index contributed by atoms with van der Waals surface area (Å²) in [7, 11) is 0. The Morgan fingerprint density at radius 2 is 2.21 bits per heavy atom. The van der Waals surface area contributed by atoms with Crippen LogP contribution >= 0.6 is 0 Å². The van der Waals surface area contributed by atoms with Crippen molar-refractivity contribution in [1.82, 2.24) is 10.0 Å². The van der Waals surface area contributed by atoms with Crippen LogP contribution in [0, 0.1) is 0 Å². The lowest BCUT2D eigenvalue weighted by molar-refractivity contribution is -0.0533. The number of aliphatic imine (C=N–C) groups is 1. The number of hydrogen-bond donors (Lipinski definition) is 1. The van der Waals surface area contributed by atoms with Crippen molar-refractivity contribution in [2.75, 3.05) is 0 Å². The van der Waals surface area contributed by atoms with Crippen LogP contribution in [0.4, 0.5) is 4.79 Å². The number of hydroxylamine groups is 2. The van der Waals surface area contributed by atoms with Crippen LogP contribution < -0.4 is 0 Å². The molecule has 0 aliphatic carbocycles. The van der Waals surface area contributed by atoms with Gasteiger partial charge in [-0.05, 0) is 12.1 Å². The van der Waals surface area contributed by atoms with E-state index in [1.54, 1.807) is 24.5 Å². The summed E-state index contributed by atoms with van der Waals surface area (Å²) >= 11 is 0. The number of amides is 1. The van der Waals surface area contributed by atoms with E-state index in [0.29, 0.717) is 0 Å². The van der Waals surface area contributed by atoms with Gasteiger partial charge < -0.3 is 9.94 Å². The van der Waals surface area contributed by atoms with E-state index >= 15 is 0 Å². The summed E-state index contributed by atoms with van der Waals surface area (Å²) < 4.78 is 0. The predicted molar refractivity (Wildman–Crippen MR) is 46.4 cm³/mol. The second-order valence-electron chi connectivity index (χ2n) is 2.62. The molecular formula is C8H7N3O3. The second-order valence-corrected chi connectivity index (χ2v) is 2.62. The third kappa shape index (κ3) is 1.37. The lowest BCUT2D eigenvalue weighted by Crippen LogP contribution is -2.28. The van der Waals surface area contributed by atoms with Gasteiger partial charge in [-0.3, -0.25) is 4.98 Å². The highest BCUT2D eigenvalue weighted by atomic mass is 16.7. The van der Waals surface area contributed by atoms with Crippen molar-refractivity contribution in [3.8, 4) is 0 Å². The Morgan fingerprint density at radius 1 is 1.50 bits per heavy atom. The summed E-state index contributed by atoms with van der Waals surface area (Å²) in [4.78, 5) is 23.1. The van der Waals surface area contributed by atoms with Crippen molar-refractivity contribution in [3.05, 3.63) is 30.1 Å². The molecule has 2 heterocycles. The summed E-state index contributed by atoms with van der Waals surface area (Å²) in [6.45, 7) is 0. The van der Waals surface area contributed by atoms with Crippen LogP contribution in [0.1, 0.15) is 11.7 Å². The van der Waals surface area contributed by atoms with Crippen LogP contribution in [-0.4, -0.2) is 27.6 Å². The third-order valence-corrected chi connectivity index (χ3v) is 1.78. The number of rotatable bonds is 1. The molecule has 0 fully saturated rings. The molecule has 2 rings (SSSR count). The highest BCUT2D eigenvalue weighted by Crippen LogP contribution is 2.24. The molecule has 72 valence electrons. The Bertz CT molecular complexity index is 365. The quantitative estimate of drug-likeness (QED) is 0.722. The molecule has 0 bridgehead atoms. The van der Waals surface area contributed by atoms with Gasteiger partial charge in [-0.15, -0.1) is 5.06 Å². The molecule has 1 aromatic heterocycles. The largest absolute Gasteiger partial charge is 0.463 e. The Hall–Kier alpha value is -2.11. The van der Waals surface area contributed by atoms with Gasteiger partial charge in [0, 0.05) is 18.0 Å². The van der Waals surface area contributed by atoms with Gasteiger partial charge in [-0.1, -0.05) is 0 Å². The molecule has 1 aromatic rings. The molecule has 0 saturated carbocycles. The first-order valence-corrected chi connectivity index (χ1v) is 3.89. The van der Waals surface area contributed by atoms with Gasteiger partial charge in [0.25, 0.3) is 0 Å². The Labute approximate surface area is 79.4 Å². The number of carbonyl (C=O) groups is 1. The normalized spacial score (nSPS) is 19.4. The van der Waals surface area contributed by atoms with Crippen molar-refractivity contribution in [2.24, 2.45) is 4.99 Å². The van der Waals surface area contributed by atoms with Crippen LogP contribution in [0.15, 0.2) is 29.5 Å². The number of carboxylic acid groups (broad SMARTS) is 1. The molecule has 0 radical (unpaired) electrons. The van der Waals surface area contributed by atoms with E-state index in [-0.39, 0.29) is 0 Å². The molecule has 0 saturated heterocycles. The van der Waals surface area contributed by atoms with Crippen molar-refractivity contribution < 1.29 is 14.7 Å². The fraction of sp³-hybridized carbons (Fsp3) is 0.125. The zero-order valence-corrected chi connectivity index (χ0v) is 7.07. The minimum atomic E-state index is -1.18. The maximum atomic E-state index is 10.7. The van der Waals surface area contributed by atoms with Crippen LogP contribution in [0.25, 0.3) is 0 Å². The van der Waals surface area contributed by atoms with Crippen LogP contribution in [0.5, 0.6) is 0 Å². The summed E-state index contributed by atoms with van der Waals surface area (Å²) in [5.41, 5.74) is 0.719. The molecule has 0 aromatic carbocycles. The van der Waals surface area contributed by atoms with Crippen LogP contribution in [0.2, 0.25) is 0 Å². The molecule has 0 spiro atoms. The molecule has 6 nitrogen and oxygen atoms in total. The average molecular weight is 193 g/mol. The first-order valence-electron chi connectivity index (χ1n) is 3.89. The second kappa shape index (κ2) is 3.33. The van der Waals surface area contributed by atoms with E-state index in [1.165, 1.54) is 0 Å². The number of hydrogen-bond acceptors (Lipinski definition) is 4. The molecule has 1 aliphatic rings. The zero-order chi connectivity index (χ0) is 9.97. The van der Waals surface area contributed by atoms with Crippen molar-refractivity contribution in [2.45, 2.75) is 6.17 Å². The van der Waals surface area contributed by atoms with Gasteiger partial charge in [0.05, 0.1) is 0 Å². The highest BCUT2D eigenvalue weighted by Gasteiger charge is 2.29. The molecule has 1 unspecified atom stereocenters. The summed E-state index contributed by atoms with van der Waals surface area (Å²) in [6, 6.07) is 3.37. The topological polar surface area (TPSA) is 75.0 Å². The van der Waals surface area contributed by atoms with Crippen molar-refractivity contribution >= 4 is 12.5 Å². The summed E-state index contributed by atoms with van der Waals surface area (Å²) in [5.74, 6) is 0. The summed E-state index contributed by atoms with van der Waals surface area (Å²) in [6.07, 6.45) is 2.45. The predicted octanol–water partition coefficient (Wildman–Crippen LogP) is 1.03. The number of pyridine rings is 1. The number of aromatic nitrogens is 1. The maximum Gasteiger partial charge on any atom is 0.443 e. The monoisotopic (exact) mass is 193 g/mol. The van der Waals surface area contributed by atoms with E-state index in [1.807, 2.05) is 0 Å². The molecular weight excluding hydrogens is 186 g/mol. The Morgan fingerprint density at radius 3 is 2.86 bits per heavy atom. The van der Waals surface area contributed by atoms with Gasteiger partial charge in [0.1, 0.15) is 0 Å². The first kappa shape index (κ1) is 8.49. The SMILES string of the molecule is O=C(O)N1OC=NC1c1ccncc1. The van der Waals surface area contributed by atoms with E-state index in [4.69, 9.17) is 9.94 Å². The molecule has 14 heavy (non-hydrogen) atoms. The minimum Gasteiger partial charge on any atom is -0.463 e. The molecule has 6 heteroatoms. The van der Waals surface area contributed by atoms with E-state index < -0.39 is 12.3 Å². The minimum absolute atomic E-state index is 0.629. The lowest BCUT2D eigenvalue weighted by atomic mass is 10.2. The van der Waals surface area contributed by atoms with E-state index in [0.717, 1.165) is 17.0 Å². The summed E-state index contributed by atoms with van der Waals surface area (Å²) in [5, 5.41) is 9.52. The average Bonchev–Trinajstić information content (AvgIpc) is 2.67. The van der Waals surface area contributed by atoms with E-state index in [2.05, 4.69) is 9.98 Å². The van der Waals surface area contributed by atoms with Gasteiger partial charge in [-0.2, -0.15) is 0 Å². The van der Waals surface area contributed by atoms with E-state index in [9.17, 15) is 4.79 Å². The van der Waals surface area contributed by atoms with Gasteiger partial charge in [0.15, 0.2) is 6.17 Å². The standard InChI is InChI=1S/C8H7N3O3/c12-8(13)11-7(10-5-14-11)6-1-3-9-4-2-6/h1-5,7H,(H,12,13). The fourth-order valence-electron chi connectivity index (χ4n) is 1.16. The number of nitrogens with zero attached hydrogens (tertiary/aromatic N) is 3.